The lowest BCUT2D eigenvalue weighted by molar-refractivity contribution is -0.120. The summed E-state index contributed by atoms with van der Waals surface area (Å²) in [6.45, 7) is 2.15. The summed E-state index contributed by atoms with van der Waals surface area (Å²) in [6, 6.07) is 10.7. The summed E-state index contributed by atoms with van der Waals surface area (Å²) in [5.74, 6) is 0.300. The number of nitrogens with zero attached hydrogens (tertiary/aromatic N) is 1. The molecule has 0 atom stereocenters. The summed E-state index contributed by atoms with van der Waals surface area (Å²) in [5.41, 5.74) is 2.00. The van der Waals surface area contributed by atoms with Crippen LogP contribution in [0.15, 0.2) is 24.3 Å². The van der Waals surface area contributed by atoms with Gasteiger partial charge in [-0.25, -0.2) is 0 Å². The van der Waals surface area contributed by atoms with Crippen LogP contribution in [-0.4, -0.2) is 5.78 Å². The molecule has 0 spiro atoms. The number of hydrogen-bond donors (Lipinski definition) is 0. The number of aryl methyl sites for hydroxylation is 1. The van der Waals surface area contributed by atoms with Crippen molar-refractivity contribution < 1.29 is 4.79 Å². The van der Waals surface area contributed by atoms with Gasteiger partial charge in [0.05, 0.1) is 11.5 Å². The van der Waals surface area contributed by atoms with Gasteiger partial charge in [0, 0.05) is 12.8 Å². The number of carbonyl (C=O) groups excluding carboxylic acids is 1. The highest BCUT2D eigenvalue weighted by Crippen LogP contribution is 2.39. The Balaban J connectivity index is 2.39. The van der Waals surface area contributed by atoms with Crippen LogP contribution in [0.3, 0.4) is 0 Å². The van der Waals surface area contributed by atoms with E-state index < -0.39 is 5.41 Å². The highest BCUT2D eigenvalue weighted by molar-refractivity contribution is 5.80. The third-order valence-electron chi connectivity index (χ3n) is 3.93. The van der Waals surface area contributed by atoms with E-state index in [-0.39, 0.29) is 0 Å². The molecule has 1 aromatic carbocycles. The first kappa shape index (κ1) is 12.8. The topological polar surface area (TPSA) is 40.9 Å². The first-order valence-electron chi connectivity index (χ1n) is 6.73. The quantitative estimate of drug-likeness (QED) is 0.812. The van der Waals surface area contributed by atoms with Gasteiger partial charge in [0.15, 0.2) is 0 Å². The second-order valence-corrected chi connectivity index (χ2v) is 5.14. The largest absolute Gasteiger partial charge is 0.300 e. The van der Waals surface area contributed by atoms with E-state index in [1.54, 1.807) is 0 Å². The van der Waals surface area contributed by atoms with Crippen LogP contribution in [0.1, 0.15) is 50.2 Å². The summed E-state index contributed by atoms with van der Waals surface area (Å²) in [5, 5.41) is 9.61. The molecular formula is C16H19NO. The maximum absolute atomic E-state index is 11.4. The van der Waals surface area contributed by atoms with Crippen molar-refractivity contribution in [2.45, 2.75) is 50.9 Å². The Kier molecular flexibility index (Phi) is 3.81. The van der Waals surface area contributed by atoms with Crippen molar-refractivity contribution >= 4 is 5.78 Å². The minimum absolute atomic E-state index is 0.300. The SMILES string of the molecule is CCCc1ccccc1C1(C#N)CCC(=O)CC1. The molecule has 2 heteroatoms. The van der Waals surface area contributed by atoms with Gasteiger partial charge in [-0.15, -0.1) is 0 Å². The predicted octanol–water partition coefficient (Wildman–Crippen LogP) is 3.54. The molecule has 0 aromatic heterocycles. The van der Waals surface area contributed by atoms with Gasteiger partial charge in [-0.05, 0) is 30.4 Å². The van der Waals surface area contributed by atoms with E-state index in [1.807, 2.05) is 12.1 Å². The van der Waals surface area contributed by atoms with Crippen molar-refractivity contribution in [3.05, 3.63) is 35.4 Å². The van der Waals surface area contributed by atoms with E-state index >= 15 is 0 Å². The van der Waals surface area contributed by atoms with E-state index in [2.05, 4.69) is 25.1 Å². The lowest BCUT2D eigenvalue weighted by atomic mass is 9.68. The molecule has 0 bridgehead atoms. The van der Waals surface area contributed by atoms with Gasteiger partial charge in [0.1, 0.15) is 5.78 Å². The zero-order chi connectivity index (χ0) is 13.0. The molecule has 1 saturated carbocycles. The molecule has 0 unspecified atom stereocenters. The molecule has 0 aliphatic heterocycles. The molecule has 0 N–H and O–H groups in total. The van der Waals surface area contributed by atoms with Crippen molar-refractivity contribution in [3.63, 3.8) is 0 Å². The van der Waals surface area contributed by atoms with E-state index in [9.17, 15) is 10.1 Å². The molecule has 1 fully saturated rings. The molecule has 0 radical (unpaired) electrons. The molecule has 94 valence electrons. The highest BCUT2D eigenvalue weighted by Gasteiger charge is 2.37. The number of benzene rings is 1. The molecule has 0 amide bonds. The van der Waals surface area contributed by atoms with E-state index in [0.717, 1.165) is 18.4 Å². The molecule has 1 aliphatic rings. The van der Waals surface area contributed by atoms with E-state index in [0.29, 0.717) is 31.5 Å². The van der Waals surface area contributed by atoms with Gasteiger partial charge in [-0.3, -0.25) is 4.79 Å². The van der Waals surface area contributed by atoms with Crippen LogP contribution < -0.4 is 0 Å². The molecule has 2 rings (SSSR count). The molecule has 1 aromatic rings. The monoisotopic (exact) mass is 241 g/mol. The zero-order valence-corrected chi connectivity index (χ0v) is 10.9. The van der Waals surface area contributed by atoms with E-state index in [1.165, 1.54) is 5.56 Å². The zero-order valence-electron chi connectivity index (χ0n) is 10.9. The summed E-state index contributed by atoms with van der Waals surface area (Å²) in [7, 11) is 0. The lowest BCUT2D eigenvalue weighted by Gasteiger charge is -2.32. The Morgan fingerprint density at radius 2 is 1.94 bits per heavy atom. The average Bonchev–Trinajstić information content (AvgIpc) is 2.41. The van der Waals surface area contributed by atoms with Crippen LogP contribution in [0.4, 0.5) is 0 Å². The summed E-state index contributed by atoms with van der Waals surface area (Å²) in [6.07, 6.45) is 4.55. The Bertz CT molecular complexity index is 474. The fraction of sp³-hybridized carbons (Fsp3) is 0.500. The van der Waals surface area contributed by atoms with Crippen molar-refractivity contribution in [1.29, 1.82) is 5.26 Å². The second-order valence-electron chi connectivity index (χ2n) is 5.14. The van der Waals surface area contributed by atoms with Crippen molar-refractivity contribution in [3.8, 4) is 6.07 Å². The number of rotatable bonds is 3. The normalized spacial score (nSPS) is 18.3. The van der Waals surface area contributed by atoms with E-state index in [4.69, 9.17) is 0 Å². The van der Waals surface area contributed by atoms with Gasteiger partial charge in [0.25, 0.3) is 0 Å². The van der Waals surface area contributed by atoms with Gasteiger partial charge < -0.3 is 0 Å². The molecule has 0 heterocycles. The molecule has 1 aliphatic carbocycles. The molecular weight excluding hydrogens is 222 g/mol. The number of Topliss-reactive ketones (excluding diaryl/α,β-unsaturated/α-hetero) is 1. The number of hydrogen-bond acceptors (Lipinski definition) is 2. The summed E-state index contributed by atoms with van der Waals surface area (Å²) in [4.78, 5) is 11.4. The fourth-order valence-corrected chi connectivity index (χ4v) is 2.87. The van der Waals surface area contributed by atoms with Crippen molar-refractivity contribution in [2.24, 2.45) is 0 Å². The third kappa shape index (κ3) is 2.31. The minimum Gasteiger partial charge on any atom is -0.300 e. The fourth-order valence-electron chi connectivity index (χ4n) is 2.87. The van der Waals surface area contributed by atoms with Gasteiger partial charge in [-0.1, -0.05) is 37.6 Å². The predicted molar refractivity (Wildman–Crippen MR) is 71.2 cm³/mol. The van der Waals surface area contributed by atoms with Gasteiger partial charge >= 0.3 is 0 Å². The summed E-state index contributed by atoms with van der Waals surface area (Å²) >= 11 is 0. The number of carbonyl (C=O) groups is 1. The first-order chi connectivity index (χ1) is 8.72. The lowest BCUT2D eigenvalue weighted by Crippen LogP contribution is -2.31. The van der Waals surface area contributed by atoms with Crippen LogP contribution in [0.25, 0.3) is 0 Å². The Hall–Kier alpha value is -1.62. The maximum Gasteiger partial charge on any atom is 0.133 e. The van der Waals surface area contributed by atoms with Crippen molar-refractivity contribution in [1.82, 2.24) is 0 Å². The van der Waals surface area contributed by atoms with Crippen LogP contribution in [-0.2, 0) is 16.6 Å². The minimum atomic E-state index is -0.431. The molecule has 18 heavy (non-hydrogen) atoms. The third-order valence-corrected chi connectivity index (χ3v) is 3.93. The van der Waals surface area contributed by atoms with Gasteiger partial charge in [0.2, 0.25) is 0 Å². The Labute approximate surface area is 109 Å². The Morgan fingerprint density at radius 1 is 1.28 bits per heavy atom. The summed E-state index contributed by atoms with van der Waals surface area (Å²) < 4.78 is 0. The van der Waals surface area contributed by atoms with Crippen LogP contribution in [0.5, 0.6) is 0 Å². The average molecular weight is 241 g/mol. The smallest absolute Gasteiger partial charge is 0.133 e. The van der Waals surface area contributed by atoms with Crippen LogP contribution in [0.2, 0.25) is 0 Å². The molecule has 2 nitrogen and oxygen atoms in total. The van der Waals surface area contributed by atoms with Crippen molar-refractivity contribution in [2.75, 3.05) is 0 Å². The molecule has 0 saturated heterocycles. The second kappa shape index (κ2) is 5.35. The number of nitriles is 1. The first-order valence-corrected chi connectivity index (χ1v) is 6.73. The number of ketones is 1. The highest BCUT2D eigenvalue weighted by atomic mass is 16.1. The van der Waals surface area contributed by atoms with Gasteiger partial charge in [-0.2, -0.15) is 5.26 Å². The van der Waals surface area contributed by atoms with Crippen LogP contribution >= 0.6 is 0 Å². The van der Waals surface area contributed by atoms with Crippen LogP contribution in [0, 0.1) is 11.3 Å². The standard InChI is InChI=1S/C16H19NO/c1-2-5-13-6-3-4-7-15(13)16(12-17)10-8-14(18)9-11-16/h3-4,6-7H,2,5,8-11H2,1H3. The Morgan fingerprint density at radius 3 is 2.56 bits per heavy atom. The maximum atomic E-state index is 11.4.